The second-order valence-corrected chi connectivity index (χ2v) is 3.02. The Labute approximate surface area is 85.3 Å². The lowest BCUT2D eigenvalue weighted by Gasteiger charge is -2.02. The van der Waals surface area contributed by atoms with Crippen LogP contribution in [0.3, 0.4) is 0 Å². The zero-order valence-electron chi connectivity index (χ0n) is 9.21. The smallest absolute Gasteiger partial charge is 0.355 e. The number of esters is 1. The Balaban J connectivity index is 3.86. The normalized spacial score (nSPS) is 11.2. The molecule has 0 saturated heterocycles. The van der Waals surface area contributed by atoms with Gasteiger partial charge in [-0.1, -0.05) is 31.3 Å². The van der Waals surface area contributed by atoms with Gasteiger partial charge < -0.3 is 9.57 Å². The summed E-state index contributed by atoms with van der Waals surface area (Å²) in [7, 11) is 2.77. The van der Waals surface area contributed by atoms with Gasteiger partial charge in [-0.2, -0.15) is 0 Å². The molecule has 82 valence electrons. The number of carbonyl (C=O) groups is 1. The van der Waals surface area contributed by atoms with Gasteiger partial charge in [0.1, 0.15) is 7.11 Å². The van der Waals surface area contributed by atoms with Gasteiger partial charge in [-0.3, -0.25) is 0 Å². The molecular weight excluding hydrogens is 182 g/mol. The van der Waals surface area contributed by atoms with Crippen LogP contribution in [0.4, 0.5) is 0 Å². The minimum Gasteiger partial charge on any atom is -0.464 e. The van der Waals surface area contributed by atoms with Crippen molar-refractivity contribution in [2.45, 2.75) is 39.0 Å². The van der Waals surface area contributed by atoms with Crippen LogP contribution in [0.5, 0.6) is 0 Å². The quantitative estimate of drug-likeness (QED) is 0.274. The zero-order chi connectivity index (χ0) is 10.8. The Morgan fingerprint density at radius 2 is 1.93 bits per heavy atom. The molecule has 0 radical (unpaired) electrons. The number of ether oxygens (including phenoxy) is 1. The topological polar surface area (TPSA) is 47.9 Å². The number of oxime groups is 1. The molecular formula is C10H19NO3. The molecule has 0 spiro atoms. The molecule has 0 atom stereocenters. The highest BCUT2D eigenvalue weighted by Crippen LogP contribution is 2.04. The maximum atomic E-state index is 11.1. The summed E-state index contributed by atoms with van der Waals surface area (Å²) in [6, 6.07) is 0. The summed E-state index contributed by atoms with van der Waals surface area (Å²) in [5.41, 5.74) is 0.367. The van der Waals surface area contributed by atoms with E-state index >= 15 is 0 Å². The molecule has 0 saturated carbocycles. The van der Waals surface area contributed by atoms with Crippen LogP contribution in [0.2, 0.25) is 0 Å². The molecule has 0 rings (SSSR count). The minimum atomic E-state index is -0.400. The van der Waals surface area contributed by atoms with Crippen molar-refractivity contribution in [1.29, 1.82) is 0 Å². The fourth-order valence-electron chi connectivity index (χ4n) is 1.13. The summed E-state index contributed by atoms with van der Waals surface area (Å²) in [5.74, 6) is -0.400. The first kappa shape index (κ1) is 12.9. The van der Waals surface area contributed by atoms with E-state index < -0.39 is 5.97 Å². The molecule has 0 amide bonds. The molecule has 0 fully saturated rings. The molecule has 0 aromatic rings. The van der Waals surface area contributed by atoms with Crippen molar-refractivity contribution in [3.63, 3.8) is 0 Å². The van der Waals surface area contributed by atoms with E-state index in [-0.39, 0.29) is 0 Å². The predicted molar refractivity (Wildman–Crippen MR) is 55.2 cm³/mol. The van der Waals surface area contributed by atoms with Gasteiger partial charge in [-0.25, -0.2) is 4.79 Å². The SMILES string of the molecule is CCCCCC/C(=N/OC)C(=O)OC. The maximum Gasteiger partial charge on any atom is 0.355 e. The van der Waals surface area contributed by atoms with Gasteiger partial charge in [-0.15, -0.1) is 0 Å². The average Bonchev–Trinajstić information content (AvgIpc) is 2.21. The molecule has 0 unspecified atom stereocenters. The molecule has 0 aliphatic heterocycles. The Morgan fingerprint density at radius 1 is 1.21 bits per heavy atom. The van der Waals surface area contributed by atoms with Gasteiger partial charge in [-0.05, 0) is 6.42 Å². The highest BCUT2D eigenvalue weighted by molar-refractivity contribution is 6.36. The summed E-state index contributed by atoms with van der Waals surface area (Å²) in [4.78, 5) is 15.7. The van der Waals surface area contributed by atoms with Crippen LogP contribution in [0, 0.1) is 0 Å². The molecule has 4 heteroatoms. The number of carbonyl (C=O) groups excluding carboxylic acids is 1. The van der Waals surface area contributed by atoms with Crippen LogP contribution < -0.4 is 0 Å². The third-order valence-electron chi connectivity index (χ3n) is 1.89. The van der Waals surface area contributed by atoms with E-state index in [4.69, 9.17) is 0 Å². The van der Waals surface area contributed by atoms with Crippen LogP contribution in [0.15, 0.2) is 5.16 Å². The summed E-state index contributed by atoms with van der Waals surface area (Å²) in [6.45, 7) is 2.14. The van der Waals surface area contributed by atoms with Crippen molar-refractivity contribution >= 4 is 11.7 Å². The average molecular weight is 201 g/mol. The van der Waals surface area contributed by atoms with E-state index in [1.165, 1.54) is 27.1 Å². The van der Waals surface area contributed by atoms with Gasteiger partial charge in [0.15, 0.2) is 5.71 Å². The summed E-state index contributed by atoms with van der Waals surface area (Å²) in [6.07, 6.45) is 5.04. The third-order valence-corrected chi connectivity index (χ3v) is 1.89. The van der Waals surface area contributed by atoms with E-state index in [9.17, 15) is 4.79 Å². The van der Waals surface area contributed by atoms with Crippen molar-refractivity contribution in [2.24, 2.45) is 5.16 Å². The van der Waals surface area contributed by atoms with Crippen molar-refractivity contribution in [3.05, 3.63) is 0 Å². The lowest BCUT2D eigenvalue weighted by Crippen LogP contribution is -2.16. The maximum absolute atomic E-state index is 11.1. The van der Waals surface area contributed by atoms with Crippen LogP contribution >= 0.6 is 0 Å². The second-order valence-electron chi connectivity index (χ2n) is 3.02. The zero-order valence-corrected chi connectivity index (χ0v) is 9.21. The minimum absolute atomic E-state index is 0.367. The third kappa shape index (κ3) is 5.56. The molecule has 0 bridgehead atoms. The molecule has 0 heterocycles. The summed E-state index contributed by atoms with van der Waals surface area (Å²) < 4.78 is 4.57. The van der Waals surface area contributed by atoms with Gasteiger partial charge in [0.25, 0.3) is 0 Å². The number of methoxy groups -OCH3 is 1. The van der Waals surface area contributed by atoms with Crippen molar-refractivity contribution in [3.8, 4) is 0 Å². The van der Waals surface area contributed by atoms with Crippen LogP contribution in [-0.4, -0.2) is 25.9 Å². The first-order valence-corrected chi connectivity index (χ1v) is 4.94. The van der Waals surface area contributed by atoms with Crippen molar-refractivity contribution in [2.75, 3.05) is 14.2 Å². The number of hydrogen-bond donors (Lipinski definition) is 0. The molecule has 0 aliphatic carbocycles. The molecule has 14 heavy (non-hydrogen) atoms. The number of nitrogens with zero attached hydrogens (tertiary/aromatic N) is 1. The Morgan fingerprint density at radius 3 is 2.43 bits per heavy atom. The van der Waals surface area contributed by atoms with E-state index in [2.05, 4.69) is 21.7 Å². The number of unbranched alkanes of at least 4 members (excludes halogenated alkanes) is 3. The molecule has 0 N–H and O–H groups in total. The van der Waals surface area contributed by atoms with Crippen LogP contribution in [0.25, 0.3) is 0 Å². The summed E-state index contributed by atoms with van der Waals surface area (Å²) in [5, 5.41) is 3.63. The van der Waals surface area contributed by atoms with E-state index in [1.807, 2.05) is 0 Å². The van der Waals surface area contributed by atoms with Gasteiger partial charge >= 0.3 is 5.97 Å². The second kappa shape index (κ2) is 8.53. The monoisotopic (exact) mass is 201 g/mol. The molecule has 4 nitrogen and oxygen atoms in total. The fourth-order valence-corrected chi connectivity index (χ4v) is 1.13. The fraction of sp³-hybridized carbons (Fsp3) is 0.800. The molecule has 0 aliphatic rings. The first-order valence-electron chi connectivity index (χ1n) is 4.94. The molecule has 0 aromatic carbocycles. The Hall–Kier alpha value is -1.06. The lowest BCUT2D eigenvalue weighted by molar-refractivity contribution is -0.133. The first-order chi connectivity index (χ1) is 6.76. The van der Waals surface area contributed by atoms with E-state index in [0.29, 0.717) is 12.1 Å². The summed E-state index contributed by atoms with van der Waals surface area (Å²) >= 11 is 0. The van der Waals surface area contributed by atoms with Crippen molar-refractivity contribution < 1.29 is 14.4 Å². The largest absolute Gasteiger partial charge is 0.464 e. The van der Waals surface area contributed by atoms with Gasteiger partial charge in [0, 0.05) is 6.42 Å². The highest BCUT2D eigenvalue weighted by Gasteiger charge is 2.11. The highest BCUT2D eigenvalue weighted by atomic mass is 16.6. The standard InChI is InChI=1S/C10H19NO3/c1-4-5-6-7-8-9(11-14-3)10(12)13-2/h4-8H2,1-3H3/b11-9-. The van der Waals surface area contributed by atoms with E-state index in [1.54, 1.807) is 0 Å². The lowest BCUT2D eigenvalue weighted by atomic mass is 10.1. The predicted octanol–water partition coefficient (Wildman–Crippen LogP) is 2.13. The van der Waals surface area contributed by atoms with Gasteiger partial charge in [0.05, 0.1) is 7.11 Å². The Kier molecular flexibility index (Phi) is 7.89. The van der Waals surface area contributed by atoms with Crippen LogP contribution in [0.1, 0.15) is 39.0 Å². The molecule has 0 aromatic heterocycles. The number of rotatable bonds is 7. The van der Waals surface area contributed by atoms with Crippen molar-refractivity contribution in [1.82, 2.24) is 0 Å². The van der Waals surface area contributed by atoms with E-state index in [0.717, 1.165) is 12.8 Å². The van der Waals surface area contributed by atoms with Crippen LogP contribution in [-0.2, 0) is 14.4 Å². The number of hydrogen-bond acceptors (Lipinski definition) is 4. The Bertz CT molecular complexity index is 190. The van der Waals surface area contributed by atoms with Gasteiger partial charge in [0.2, 0.25) is 0 Å².